The van der Waals surface area contributed by atoms with E-state index in [0.29, 0.717) is 6.04 Å². The minimum Gasteiger partial charge on any atom is -0.311 e. The maximum Gasteiger partial charge on any atom is 0.0996 e. The third-order valence-electron chi connectivity index (χ3n) is 4.00. The number of hydrogen-bond acceptors (Lipinski definition) is 3. The molecule has 0 aliphatic heterocycles. The van der Waals surface area contributed by atoms with Gasteiger partial charge in [0.05, 0.1) is 17.9 Å². The average Bonchev–Trinajstić information content (AvgIpc) is 2.85. The molecule has 16 heavy (non-hydrogen) atoms. The Bertz CT molecular complexity index is 288. The van der Waals surface area contributed by atoms with Crippen LogP contribution in [0.3, 0.4) is 0 Å². The van der Waals surface area contributed by atoms with Crippen LogP contribution in [0, 0.1) is 11.8 Å². The fourth-order valence-corrected chi connectivity index (χ4v) is 2.92. The molecule has 1 atom stereocenters. The van der Waals surface area contributed by atoms with Crippen molar-refractivity contribution in [3.63, 3.8) is 0 Å². The molecule has 1 aliphatic carbocycles. The first kappa shape index (κ1) is 11.6. The second kappa shape index (κ2) is 5.43. The molecule has 1 heterocycles. The second-order valence-electron chi connectivity index (χ2n) is 4.85. The van der Waals surface area contributed by atoms with Crippen LogP contribution >= 0.6 is 0 Å². The quantitative estimate of drug-likeness (QED) is 0.821. The van der Waals surface area contributed by atoms with Crippen molar-refractivity contribution < 1.29 is 0 Å². The molecular formula is C12H22N4. The van der Waals surface area contributed by atoms with E-state index in [2.05, 4.69) is 27.7 Å². The number of H-pyrrole nitrogens is 1. The van der Waals surface area contributed by atoms with Gasteiger partial charge in [-0.05, 0) is 31.7 Å². The van der Waals surface area contributed by atoms with Crippen LogP contribution in [0.1, 0.15) is 50.8 Å². The van der Waals surface area contributed by atoms with Gasteiger partial charge in [0.1, 0.15) is 0 Å². The smallest absolute Gasteiger partial charge is 0.0996 e. The summed E-state index contributed by atoms with van der Waals surface area (Å²) in [5, 5.41) is 14.2. The van der Waals surface area contributed by atoms with Crippen LogP contribution < -0.4 is 5.32 Å². The molecule has 1 aromatic heterocycles. The van der Waals surface area contributed by atoms with Crippen molar-refractivity contribution >= 4 is 0 Å². The molecular weight excluding hydrogens is 200 g/mol. The Morgan fingerprint density at radius 3 is 2.69 bits per heavy atom. The molecule has 1 saturated carbocycles. The summed E-state index contributed by atoms with van der Waals surface area (Å²) in [6.45, 7) is 2.30. The Hall–Kier alpha value is -0.900. The summed E-state index contributed by atoms with van der Waals surface area (Å²) < 4.78 is 0. The number of rotatable bonds is 4. The summed E-state index contributed by atoms with van der Waals surface area (Å²) >= 11 is 0. The summed E-state index contributed by atoms with van der Waals surface area (Å²) in [4.78, 5) is 0. The molecule has 1 aromatic rings. The lowest BCUT2D eigenvalue weighted by Gasteiger charge is -2.32. The zero-order valence-corrected chi connectivity index (χ0v) is 10.2. The Balaban J connectivity index is 1.96. The largest absolute Gasteiger partial charge is 0.311 e. The number of aromatic amines is 1. The number of aromatic nitrogens is 3. The van der Waals surface area contributed by atoms with Crippen LogP contribution in [-0.2, 0) is 0 Å². The van der Waals surface area contributed by atoms with E-state index in [1.165, 1.54) is 32.1 Å². The summed E-state index contributed by atoms with van der Waals surface area (Å²) in [7, 11) is 2.02. The van der Waals surface area contributed by atoms with E-state index in [1.54, 1.807) is 0 Å². The van der Waals surface area contributed by atoms with Crippen LogP contribution in [0.5, 0.6) is 0 Å². The first-order chi connectivity index (χ1) is 7.85. The summed E-state index contributed by atoms with van der Waals surface area (Å²) in [5.74, 6) is 1.67. The van der Waals surface area contributed by atoms with Crippen molar-refractivity contribution in [2.45, 2.75) is 45.1 Å². The van der Waals surface area contributed by atoms with E-state index >= 15 is 0 Å². The third-order valence-corrected chi connectivity index (χ3v) is 4.00. The SMILES string of the molecule is CCC1CCC(C(NC)c2cn[nH]n2)CC1. The maximum atomic E-state index is 4.20. The monoisotopic (exact) mass is 222 g/mol. The Kier molecular flexibility index (Phi) is 3.93. The van der Waals surface area contributed by atoms with Gasteiger partial charge in [-0.1, -0.05) is 26.2 Å². The molecule has 0 saturated heterocycles. The van der Waals surface area contributed by atoms with Crippen molar-refractivity contribution in [1.82, 2.24) is 20.7 Å². The number of nitrogens with one attached hydrogen (secondary N) is 2. The van der Waals surface area contributed by atoms with Gasteiger partial charge in [-0.25, -0.2) is 0 Å². The first-order valence-corrected chi connectivity index (χ1v) is 6.38. The molecule has 4 nitrogen and oxygen atoms in total. The van der Waals surface area contributed by atoms with Crippen LogP contribution in [-0.4, -0.2) is 22.5 Å². The first-order valence-electron chi connectivity index (χ1n) is 6.38. The molecule has 0 aromatic carbocycles. The normalized spacial score (nSPS) is 27.9. The van der Waals surface area contributed by atoms with E-state index in [0.717, 1.165) is 17.5 Å². The van der Waals surface area contributed by atoms with E-state index in [1.807, 2.05) is 13.2 Å². The lowest BCUT2D eigenvalue weighted by Crippen LogP contribution is -2.29. The average molecular weight is 222 g/mol. The van der Waals surface area contributed by atoms with E-state index in [4.69, 9.17) is 0 Å². The molecule has 0 amide bonds. The second-order valence-corrected chi connectivity index (χ2v) is 4.85. The van der Waals surface area contributed by atoms with Gasteiger partial charge >= 0.3 is 0 Å². The molecule has 2 rings (SSSR count). The van der Waals surface area contributed by atoms with Crippen molar-refractivity contribution in [2.75, 3.05) is 7.05 Å². The molecule has 1 unspecified atom stereocenters. The standard InChI is InChI=1S/C12H22N4/c1-3-9-4-6-10(7-5-9)12(13-2)11-8-14-16-15-11/h8-10,12-13H,3-7H2,1-2H3,(H,14,15,16). The van der Waals surface area contributed by atoms with Crippen LogP contribution in [0.2, 0.25) is 0 Å². The molecule has 1 aliphatic rings. The topological polar surface area (TPSA) is 53.6 Å². The van der Waals surface area contributed by atoms with Gasteiger partial charge in [0.15, 0.2) is 0 Å². The van der Waals surface area contributed by atoms with Crippen LogP contribution in [0.25, 0.3) is 0 Å². The fraction of sp³-hybridized carbons (Fsp3) is 0.833. The van der Waals surface area contributed by atoms with Crippen molar-refractivity contribution in [3.8, 4) is 0 Å². The zero-order chi connectivity index (χ0) is 11.4. The van der Waals surface area contributed by atoms with Gasteiger partial charge in [0.2, 0.25) is 0 Å². The molecule has 2 N–H and O–H groups in total. The predicted molar refractivity (Wildman–Crippen MR) is 63.9 cm³/mol. The number of nitrogens with zero attached hydrogens (tertiary/aromatic N) is 2. The molecule has 0 spiro atoms. The molecule has 0 bridgehead atoms. The molecule has 1 fully saturated rings. The van der Waals surface area contributed by atoms with Crippen LogP contribution in [0.4, 0.5) is 0 Å². The summed E-state index contributed by atoms with van der Waals surface area (Å²) in [5.41, 5.74) is 1.06. The predicted octanol–water partition coefficient (Wildman–Crippen LogP) is 2.28. The van der Waals surface area contributed by atoms with Gasteiger partial charge in [-0.2, -0.15) is 15.4 Å². The van der Waals surface area contributed by atoms with Gasteiger partial charge in [0, 0.05) is 0 Å². The highest BCUT2D eigenvalue weighted by molar-refractivity contribution is 5.02. The highest BCUT2D eigenvalue weighted by Crippen LogP contribution is 2.36. The molecule has 4 heteroatoms. The summed E-state index contributed by atoms with van der Waals surface area (Å²) in [6.07, 6.45) is 8.55. The van der Waals surface area contributed by atoms with Crippen LogP contribution in [0.15, 0.2) is 6.20 Å². The lowest BCUT2D eigenvalue weighted by atomic mass is 9.77. The number of hydrogen-bond donors (Lipinski definition) is 2. The van der Waals surface area contributed by atoms with E-state index < -0.39 is 0 Å². The zero-order valence-electron chi connectivity index (χ0n) is 10.2. The molecule has 90 valence electrons. The van der Waals surface area contributed by atoms with E-state index in [9.17, 15) is 0 Å². The van der Waals surface area contributed by atoms with Gasteiger partial charge in [-0.3, -0.25) is 0 Å². The Labute approximate surface area is 97.2 Å². The molecule has 0 radical (unpaired) electrons. The maximum absolute atomic E-state index is 4.20. The highest BCUT2D eigenvalue weighted by atomic mass is 15.3. The Morgan fingerprint density at radius 1 is 1.44 bits per heavy atom. The third kappa shape index (κ3) is 2.43. The van der Waals surface area contributed by atoms with Gasteiger partial charge in [-0.15, -0.1) is 0 Å². The van der Waals surface area contributed by atoms with Gasteiger partial charge < -0.3 is 5.32 Å². The van der Waals surface area contributed by atoms with Crippen molar-refractivity contribution in [3.05, 3.63) is 11.9 Å². The van der Waals surface area contributed by atoms with E-state index in [-0.39, 0.29) is 0 Å². The van der Waals surface area contributed by atoms with Gasteiger partial charge in [0.25, 0.3) is 0 Å². The minimum absolute atomic E-state index is 0.372. The van der Waals surface area contributed by atoms with Crippen molar-refractivity contribution in [2.24, 2.45) is 11.8 Å². The van der Waals surface area contributed by atoms with Crippen molar-refractivity contribution in [1.29, 1.82) is 0 Å². The fourth-order valence-electron chi connectivity index (χ4n) is 2.92. The Morgan fingerprint density at radius 2 is 2.19 bits per heavy atom. The highest BCUT2D eigenvalue weighted by Gasteiger charge is 2.28. The lowest BCUT2D eigenvalue weighted by molar-refractivity contribution is 0.222. The minimum atomic E-state index is 0.372. The summed E-state index contributed by atoms with van der Waals surface area (Å²) in [6, 6.07) is 0.372.